The number of nitro benzene ring substituents is 1. The number of ether oxygens (including phenoxy) is 1. The predicted octanol–water partition coefficient (Wildman–Crippen LogP) is 3.45. The largest absolute Gasteiger partial charge is 0.454 e. The van der Waals surface area contributed by atoms with Gasteiger partial charge in [-0.1, -0.05) is 18.2 Å². The normalized spacial score (nSPS) is 12.0. The maximum atomic E-state index is 10.9. The molecule has 0 atom stereocenters. The van der Waals surface area contributed by atoms with Crippen molar-refractivity contribution in [1.29, 1.82) is 0 Å². The van der Waals surface area contributed by atoms with E-state index < -0.39 is 4.92 Å². The van der Waals surface area contributed by atoms with Crippen molar-refractivity contribution in [2.45, 2.75) is 0 Å². The van der Waals surface area contributed by atoms with Crippen LogP contribution in [0.4, 0.5) is 11.4 Å². The van der Waals surface area contributed by atoms with Gasteiger partial charge in [-0.3, -0.25) is 10.1 Å². The summed E-state index contributed by atoms with van der Waals surface area (Å²) in [5.74, 6) is 1.03. The van der Waals surface area contributed by atoms with Crippen LogP contribution >= 0.6 is 0 Å². The zero-order valence-electron chi connectivity index (χ0n) is 9.24. The summed E-state index contributed by atoms with van der Waals surface area (Å²) in [5, 5.41) is 10.9. The van der Waals surface area contributed by atoms with Crippen LogP contribution in [0.2, 0.25) is 0 Å². The van der Waals surface area contributed by atoms with E-state index in [1.165, 1.54) is 6.07 Å². The van der Waals surface area contributed by atoms with E-state index in [1.807, 2.05) is 18.2 Å². The molecule has 0 saturated heterocycles. The minimum Gasteiger partial charge on any atom is -0.454 e. The van der Waals surface area contributed by atoms with E-state index in [-0.39, 0.29) is 11.4 Å². The van der Waals surface area contributed by atoms with Gasteiger partial charge in [0.1, 0.15) is 5.75 Å². The van der Waals surface area contributed by atoms with Crippen LogP contribution in [-0.4, -0.2) is 11.1 Å². The first-order valence-corrected chi connectivity index (χ1v) is 5.34. The second-order valence-electron chi connectivity index (χ2n) is 3.78. The number of rotatable bonds is 1. The third-order valence-corrected chi connectivity index (χ3v) is 2.65. The van der Waals surface area contributed by atoms with Crippen molar-refractivity contribution < 1.29 is 9.66 Å². The lowest BCUT2D eigenvalue weighted by Gasteiger charge is -2.07. The lowest BCUT2D eigenvalue weighted by Crippen LogP contribution is -1.90. The van der Waals surface area contributed by atoms with Crippen LogP contribution in [-0.2, 0) is 0 Å². The summed E-state index contributed by atoms with van der Waals surface area (Å²) in [7, 11) is 0. The molecule has 0 unspecified atom stereocenters. The molecular weight excluding hydrogens is 232 g/mol. The molecule has 88 valence electrons. The third-order valence-electron chi connectivity index (χ3n) is 2.65. The zero-order valence-corrected chi connectivity index (χ0v) is 9.24. The van der Waals surface area contributed by atoms with Crippen molar-refractivity contribution in [2.24, 2.45) is 4.99 Å². The minimum atomic E-state index is -0.463. The highest BCUT2D eigenvalue weighted by Crippen LogP contribution is 2.41. The quantitative estimate of drug-likeness (QED) is 0.483. The lowest BCUT2D eigenvalue weighted by atomic mass is 10.2. The second kappa shape index (κ2) is 3.96. The fourth-order valence-electron chi connectivity index (χ4n) is 1.80. The Labute approximate surface area is 103 Å². The molecule has 5 nitrogen and oxygen atoms in total. The SMILES string of the molecule is O=[N+]([O-])c1cccc2c1N=Cc1ccccc1O2. The third kappa shape index (κ3) is 1.62. The first kappa shape index (κ1) is 10.5. The highest BCUT2D eigenvalue weighted by Gasteiger charge is 2.20. The average molecular weight is 240 g/mol. The average Bonchev–Trinajstić information content (AvgIpc) is 2.56. The molecule has 0 radical (unpaired) electrons. The van der Waals surface area contributed by atoms with Gasteiger partial charge < -0.3 is 4.74 Å². The van der Waals surface area contributed by atoms with Crippen LogP contribution in [0.3, 0.4) is 0 Å². The summed E-state index contributed by atoms with van der Waals surface area (Å²) in [4.78, 5) is 14.6. The summed E-state index contributed by atoms with van der Waals surface area (Å²) < 4.78 is 5.66. The number of hydrogen-bond donors (Lipinski definition) is 0. The molecule has 3 rings (SSSR count). The fraction of sp³-hybridized carbons (Fsp3) is 0. The molecule has 2 aromatic carbocycles. The van der Waals surface area contributed by atoms with Gasteiger partial charge in [-0.25, -0.2) is 4.99 Å². The Morgan fingerprint density at radius 2 is 1.83 bits per heavy atom. The Balaban J connectivity index is 2.20. The van der Waals surface area contributed by atoms with Crippen LogP contribution in [0.15, 0.2) is 47.5 Å². The highest BCUT2D eigenvalue weighted by atomic mass is 16.6. The standard InChI is InChI=1S/C13H8N2O3/c16-15(17)10-5-3-7-12-13(10)14-8-9-4-1-2-6-11(9)18-12/h1-8H. The summed E-state index contributed by atoms with van der Waals surface area (Å²) in [6.07, 6.45) is 1.58. The maximum absolute atomic E-state index is 10.9. The second-order valence-corrected chi connectivity index (χ2v) is 3.78. The van der Waals surface area contributed by atoms with Gasteiger partial charge in [0.05, 0.1) is 4.92 Å². The first-order valence-electron chi connectivity index (χ1n) is 5.34. The molecule has 0 spiro atoms. The summed E-state index contributed by atoms with van der Waals surface area (Å²) in [5.41, 5.74) is 0.984. The van der Waals surface area contributed by atoms with E-state index in [1.54, 1.807) is 24.4 Å². The molecule has 1 aliphatic rings. The van der Waals surface area contributed by atoms with Gasteiger partial charge in [0.15, 0.2) is 11.4 Å². The number of para-hydroxylation sites is 2. The van der Waals surface area contributed by atoms with Crippen LogP contribution in [0.25, 0.3) is 0 Å². The Bertz CT molecular complexity index is 665. The number of nitrogens with zero attached hydrogens (tertiary/aromatic N) is 2. The van der Waals surface area contributed by atoms with Gasteiger partial charge in [0, 0.05) is 17.8 Å². The van der Waals surface area contributed by atoms with Crippen LogP contribution in [0.1, 0.15) is 5.56 Å². The monoisotopic (exact) mass is 240 g/mol. The molecular formula is C13H8N2O3. The lowest BCUT2D eigenvalue weighted by molar-refractivity contribution is -0.384. The summed E-state index contributed by atoms with van der Waals surface area (Å²) in [6, 6.07) is 12.0. The highest BCUT2D eigenvalue weighted by molar-refractivity contribution is 5.89. The molecule has 18 heavy (non-hydrogen) atoms. The topological polar surface area (TPSA) is 64.7 Å². The van der Waals surface area contributed by atoms with Gasteiger partial charge in [0.25, 0.3) is 5.69 Å². The summed E-state index contributed by atoms with van der Waals surface area (Å²) >= 11 is 0. The van der Waals surface area contributed by atoms with Crippen molar-refractivity contribution in [2.75, 3.05) is 0 Å². The number of fused-ring (bicyclic) bond motifs is 2. The molecule has 0 saturated carbocycles. The van der Waals surface area contributed by atoms with Gasteiger partial charge in [-0.05, 0) is 18.2 Å². The Morgan fingerprint density at radius 1 is 1.06 bits per heavy atom. The van der Waals surface area contributed by atoms with Crippen LogP contribution in [0, 0.1) is 10.1 Å². The van der Waals surface area contributed by atoms with Crippen LogP contribution < -0.4 is 4.74 Å². The Morgan fingerprint density at radius 3 is 2.67 bits per heavy atom. The number of aliphatic imine (C=N–C) groups is 1. The molecule has 0 aromatic heterocycles. The minimum absolute atomic E-state index is 0.0587. The maximum Gasteiger partial charge on any atom is 0.298 e. The Kier molecular flexibility index (Phi) is 2.30. The number of benzene rings is 2. The first-order chi connectivity index (χ1) is 8.75. The predicted molar refractivity (Wildman–Crippen MR) is 66.9 cm³/mol. The molecule has 0 N–H and O–H groups in total. The van der Waals surface area contributed by atoms with Crippen molar-refractivity contribution in [1.82, 2.24) is 0 Å². The smallest absolute Gasteiger partial charge is 0.298 e. The van der Waals surface area contributed by atoms with E-state index in [2.05, 4.69) is 4.99 Å². The van der Waals surface area contributed by atoms with Crippen molar-refractivity contribution >= 4 is 17.6 Å². The van der Waals surface area contributed by atoms with Crippen molar-refractivity contribution in [3.8, 4) is 11.5 Å². The molecule has 1 heterocycles. The van der Waals surface area contributed by atoms with E-state index in [0.29, 0.717) is 11.5 Å². The van der Waals surface area contributed by atoms with Crippen molar-refractivity contribution in [3.05, 3.63) is 58.1 Å². The molecule has 2 aromatic rings. The fourth-order valence-corrected chi connectivity index (χ4v) is 1.80. The molecule has 0 aliphatic carbocycles. The van der Waals surface area contributed by atoms with E-state index in [4.69, 9.17) is 4.74 Å². The summed E-state index contributed by atoms with van der Waals surface area (Å²) in [6.45, 7) is 0. The van der Waals surface area contributed by atoms with E-state index >= 15 is 0 Å². The van der Waals surface area contributed by atoms with Gasteiger partial charge in [0.2, 0.25) is 0 Å². The molecule has 0 amide bonds. The number of nitro groups is 1. The molecule has 0 bridgehead atoms. The van der Waals surface area contributed by atoms with Gasteiger partial charge >= 0.3 is 0 Å². The Hall–Kier alpha value is -2.69. The molecule has 1 aliphatic heterocycles. The van der Waals surface area contributed by atoms with Crippen molar-refractivity contribution in [3.63, 3.8) is 0 Å². The number of hydrogen-bond acceptors (Lipinski definition) is 4. The van der Waals surface area contributed by atoms with E-state index in [0.717, 1.165) is 5.56 Å². The van der Waals surface area contributed by atoms with Gasteiger partial charge in [-0.2, -0.15) is 0 Å². The van der Waals surface area contributed by atoms with Crippen LogP contribution in [0.5, 0.6) is 11.5 Å². The van der Waals surface area contributed by atoms with Gasteiger partial charge in [-0.15, -0.1) is 0 Å². The molecule has 0 fully saturated rings. The van der Waals surface area contributed by atoms with E-state index in [9.17, 15) is 10.1 Å². The zero-order chi connectivity index (χ0) is 12.5. The molecule has 5 heteroatoms.